The Labute approximate surface area is 360 Å². The maximum atomic E-state index is 6.47. The van der Waals surface area contributed by atoms with Gasteiger partial charge in [-0.15, -0.1) is 0 Å². The molecule has 1 aliphatic carbocycles. The lowest BCUT2D eigenvalue weighted by Crippen LogP contribution is -2.17. The number of ether oxygens (including phenoxy) is 2. The summed E-state index contributed by atoms with van der Waals surface area (Å²) in [6, 6.07) is 67.5. The van der Waals surface area contributed by atoms with Crippen LogP contribution in [0.25, 0.3) is 71.7 Å². The van der Waals surface area contributed by atoms with E-state index >= 15 is 0 Å². The molecule has 1 atom stereocenters. The molecule has 1 aliphatic heterocycles. The average molecular weight is 803 g/mol. The highest BCUT2D eigenvalue weighted by Crippen LogP contribution is 2.41. The maximum Gasteiger partial charge on any atom is 0.184 e. The van der Waals surface area contributed by atoms with Gasteiger partial charge in [-0.2, -0.15) is 0 Å². The van der Waals surface area contributed by atoms with Crippen molar-refractivity contribution in [1.29, 1.82) is 0 Å². The second kappa shape index (κ2) is 15.2. The van der Waals surface area contributed by atoms with Crippen LogP contribution in [0.15, 0.2) is 216 Å². The number of anilines is 2. The molecule has 1 fully saturated rings. The van der Waals surface area contributed by atoms with E-state index in [9.17, 15) is 0 Å². The minimum absolute atomic E-state index is 0.196. The number of nitrogens with zero attached hydrogens (tertiary/aromatic N) is 2. The molecule has 3 heterocycles. The molecule has 1 unspecified atom stereocenters. The largest absolute Gasteiger partial charge is 0.456 e. The van der Waals surface area contributed by atoms with Gasteiger partial charge in [-0.25, -0.2) is 0 Å². The Hall–Kier alpha value is -7.44. The molecule has 0 bridgehead atoms. The number of allylic oxidation sites excluding steroid dienone is 3. The first-order chi connectivity index (χ1) is 30.7. The highest BCUT2D eigenvalue weighted by Gasteiger charge is 2.22. The van der Waals surface area contributed by atoms with Gasteiger partial charge in [0.2, 0.25) is 0 Å². The number of hydrogen-bond acceptors (Lipinski definition) is 4. The Morgan fingerprint density at radius 2 is 1.02 bits per heavy atom. The average Bonchev–Trinajstić information content (AvgIpc) is 4.10. The molecule has 0 amide bonds. The van der Waals surface area contributed by atoms with Crippen LogP contribution in [0, 0.1) is 0 Å². The van der Waals surface area contributed by atoms with E-state index in [0.29, 0.717) is 13.2 Å². The topological polar surface area (TPSA) is 39.8 Å². The quantitative estimate of drug-likeness (QED) is 0.153. The molecule has 2 aliphatic rings. The Morgan fingerprint density at radius 3 is 1.63 bits per heavy atom. The predicted octanol–water partition coefficient (Wildman–Crippen LogP) is 14.8. The van der Waals surface area contributed by atoms with Crippen molar-refractivity contribution in [2.75, 3.05) is 18.1 Å². The zero-order chi connectivity index (χ0) is 41.0. The van der Waals surface area contributed by atoms with Crippen LogP contribution in [0.5, 0.6) is 0 Å². The smallest absolute Gasteiger partial charge is 0.184 e. The monoisotopic (exact) mass is 802 g/mol. The third-order valence-electron chi connectivity index (χ3n) is 12.6. The van der Waals surface area contributed by atoms with Gasteiger partial charge in [0.1, 0.15) is 11.2 Å². The molecule has 12 rings (SSSR count). The van der Waals surface area contributed by atoms with Gasteiger partial charge in [-0.05, 0) is 89.3 Å². The van der Waals surface area contributed by atoms with E-state index in [4.69, 9.17) is 13.9 Å². The van der Waals surface area contributed by atoms with Gasteiger partial charge >= 0.3 is 0 Å². The third-order valence-corrected chi connectivity index (χ3v) is 12.6. The number of benzene rings is 8. The molecule has 0 radical (unpaired) electrons. The first-order valence-electron chi connectivity index (χ1n) is 21.4. The van der Waals surface area contributed by atoms with Crippen molar-refractivity contribution >= 4 is 55.1 Å². The second-order valence-corrected chi connectivity index (χ2v) is 16.2. The number of rotatable bonds is 8. The van der Waals surface area contributed by atoms with Crippen LogP contribution >= 0.6 is 0 Å². The fourth-order valence-corrected chi connectivity index (χ4v) is 9.51. The Bertz CT molecular complexity index is 3260. The maximum absolute atomic E-state index is 6.47. The molecular formula is C57H42N2O3. The lowest BCUT2D eigenvalue weighted by molar-refractivity contribution is -0.0441. The van der Waals surface area contributed by atoms with Crippen molar-refractivity contribution < 1.29 is 13.9 Å². The summed E-state index contributed by atoms with van der Waals surface area (Å²) in [5.74, 6) is 0.196. The standard InChI is InChI=1S/C57H42N2O3/c1-4-13-53-49(8-1)50-9-2-5-14-54(50)59(53)47-34-32-46(33-35-47)58(45-30-26-42(27-31-45)48-11-7-12-52-51-10-3-6-15-55(51)62-56(48)52)44-28-24-41(25-29-44)39-18-16-38(17-19-39)40-20-22-43(23-21-40)57-60-36-37-61-57/h1-26,28-35,42,57H,27,36-37H2. The van der Waals surface area contributed by atoms with Crippen LogP contribution in [0.3, 0.4) is 0 Å². The molecule has 0 N–H and O–H groups in total. The van der Waals surface area contributed by atoms with Crippen molar-refractivity contribution in [3.05, 3.63) is 223 Å². The van der Waals surface area contributed by atoms with E-state index in [2.05, 4.69) is 210 Å². The Morgan fingerprint density at radius 1 is 0.484 bits per heavy atom. The zero-order valence-corrected chi connectivity index (χ0v) is 34.0. The van der Waals surface area contributed by atoms with Gasteiger partial charge in [0.25, 0.3) is 0 Å². The molecule has 62 heavy (non-hydrogen) atoms. The van der Waals surface area contributed by atoms with Gasteiger partial charge in [-0.3, -0.25) is 0 Å². The van der Waals surface area contributed by atoms with Crippen molar-refractivity contribution in [1.82, 2.24) is 4.57 Å². The summed E-state index contributed by atoms with van der Waals surface area (Å²) in [6.45, 7) is 1.28. The van der Waals surface area contributed by atoms with Gasteiger partial charge in [-0.1, -0.05) is 146 Å². The first kappa shape index (κ1) is 36.4. The van der Waals surface area contributed by atoms with Crippen molar-refractivity contribution in [3.8, 4) is 27.9 Å². The number of hydrogen-bond donors (Lipinski definition) is 0. The highest BCUT2D eigenvalue weighted by atomic mass is 16.7. The molecule has 0 saturated carbocycles. The van der Waals surface area contributed by atoms with Crippen LogP contribution in [-0.4, -0.2) is 17.8 Å². The van der Waals surface area contributed by atoms with E-state index in [-0.39, 0.29) is 12.2 Å². The number of furan rings is 1. The summed E-state index contributed by atoms with van der Waals surface area (Å²) >= 11 is 0. The summed E-state index contributed by atoms with van der Waals surface area (Å²) in [4.78, 5) is 2.38. The summed E-state index contributed by atoms with van der Waals surface area (Å²) in [5.41, 5.74) is 15.7. The molecule has 298 valence electrons. The minimum atomic E-state index is -0.262. The van der Waals surface area contributed by atoms with Crippen LogP contribution in [0.1, 0.15) is 29.8 Å². The molecule has 5 nitrogen and oxygen atoms in total. The number of aromatic nitrogens is 1. The summed E-state index contributed by atoms with van der Waals surface area (Å²) in [6.07, 6.45) is 7.59. The molecule has 5 heteroatoms. The van der Waals surface area contributed by atoms with Crippen LogP contribution in [0.2, 0.25) is 0 Å². The van der Waals surface area contributed by atoms with Crippen LogP contribution < -0.4 is 4.90 Å². The number of para-hydroxylation sites is 4. The van der Waals surface area contributed by atoms with Gasteiger partial charge < -0.3 is 23.4 Å². The second-order valence-electron chi connectivity index (χ2n) is 16.2. The highest BCUT2D eigenvalue weighted by molar-refractivity contribution is 6.09. The molecular weight excluding hydrogens is 761 g/mol. The Balaban J connectivity index is 0.873. The fourth-order valence-electron chi connectivity index (χ4n) is 9.51. The van der Waals surface area contributed by atoms with E-state index < -0.39 is 0 Å². The zero-order valence-electron chi connectivity index (χ0n) is 34.0. The molecule has 8 aromatic carbocycles. The first-order valence-corrected chi connectivity index (χ1v) is 21.4. The molecule has 1 saturated heterocycles. The summed E-state index contributed by atoms with van der Waals surface area (Å²) < 4.78 is 20.2. The number of fused-ring (bicyclic) bond motifs is 6. The van der Waals surface area contributed by atoms with Crippen molar-refractivity contribution in [2.45, 2.75) is 18.6 Å². The van der Waals surface area contributed by atoms with Crippen LogP contribution in [-0.2, 0) is 9.47 Å². The molecule has 10 aromatic rings. The van der Waals surface area contributed by atoms with Crippen molar-refractivity contribution in [2.24, 2.45) is 0 Å². The van der Waals surface area contributed by atoms with E-state index in [1.807, 2.05) is 6.07 Å². The summed E-state index contributed by atoms with van der Waals surface area (Å²) in [5, 5.41) is 4.84. The van der Waals surface area contributed by atoms with E-state index in [1.54, 1.807) is 0 Å². The molecule has 2 aromatic heterocycles. The van der Waals surface area contributed by atoms with Gasteiger partial charge in [0.05, 0.1) is 24.2 Å². The SMILES string of the molecule is C1=CC(c2cccc3c2oc2ccccc23)CC=C1N(c1ccc(-c2ccc(-c3ccc(C4OCCO4)cc3)cc2)cc1)c1ccc(-n2c3ccccc3c3ccccc32)cc1. The predicted molar refractivity (Wildman–Crippen MR) is 253 cm³/mol. The lowest BCUT2D eigenvalue weighted by Gasteiger charge is -2.29. The van der Waals surface area contributed by atoms with Crippen LogP contribution in [0.4, 0.5) is 11.4 Å². The van der Waals surface area contributed by atoms with E-state index in [1.165, 1.54) is 55.0 Å². The minimum Gasteiger partial charge on any atom is -0.456 e. The van der Waals surface area contributed by atoms with Crippen molar-refractivity contribution in [3.63, 3.8) is 0 Å². The van der Waals surface area contributed by atoms with Gasteiger partial charge in [0, 0.05) is 61.3 Å². The summed E-state index contributed by atoms with van der Waals surface area (Å²) in [7, 11) is 0. The lowest BCUT2D eigenvalue weighted by atomic mass is 9.90. The normalized spacial score (nSPS) is 15.5. The van der Waals surface area contributed by atoms with Gasteiger partial charge in [0.15, 0.2) is 6.29 Å². The van der Waals surface area contributed by atoms with E-state index in [0.717, 1.165) is 51.3 Å². The molecule has 0 spiro atoms. The third kappa shape index (κ3) is 6.33. The fraction of sp³-hybridized carbons (Fsp3) is 0.0877. The Kier molecular flexibility index (Phi) is 8.95.